The predicted molar refractivity (Wildman–Crippen MR) is 73.9 cm³/mol. The second kappa shape index (κ2) is 5.26. The van der Waals surface area contributed by atoms with Crippen LogP contribution in [-0.2, 0) is 10.0 Å². The van der Waals surface area contributed by atoms with Crippen molar-refractivity contribution in [3.05, 3.63) is 52.5 Å². The van der Waals surface area contributed by atoms with E-state index >= 15 is 0 Å². The number of anilines is 1. The van der Waals surface area contributed by atoms with Crippen LogP contribution in [0.4, 0.5) is 10.1 Å². The first-order chi connectivity index (χ1) is 8.88. The zero-order chi connectivity index (χ0) is 14.0. The van der Waals surface area contributed by atoms with Crippen molar-refractivity contribution in [3.63, 3.8) is 0 Å². The highest BCUT2D eigenvalue weighted by molar-refractivity contribution is 9.10. The normalized spacial score (nSPS) is 11.3. The van der Waals surface area contributed by atoms with E-state index in [-0.39, 0.29) is 9.37 Å². The average Bonchev–Trinajstić information content (AvgIpc) is 2.27. The van der Waals surface area contributed by atoms with E-state index in [2.05, 4.69) is 25.6 Å². The molecule has 1 heterocycles. The van der Waals surface area contributed by atoms with Crippen LogP contribution in [0.15, 0.2) is 46.0 Å². The first-order valence-electron chi connectivity index (χ1n) is 5.28. The van der Waals surface area contributed by atoms with Crippen molar-refractivity contribution >= 4 is 31.6 Å². The van der Waals surface area contributed by atoms with Gasteiger partial charge in [0.05, 0.1) is 11.9 Å². The number of pyridine rings is 1. The van der Waals surface area contributed by atoms with Crippen molar-refractivity contribution in [2.75, 3.05) is 4.72 Å². The summed E-state index contributed by atoms with van der Waals surface area (Å²) in [6.07, 6.45) is 3.02. The van der Waals surface area contributed by atoms with E-state index in [1.165, 1.54) is 12.3 Å². The fraction of sp³-hybridized carbons (Fsp3) is 0.0833. The van der Waals surface area contributed by atoms with E-state index in [0.717, 1.165) is 17.7 Å². The Morgan fingerprint density at radius 2 is 2.00 bits per heavy atom. The number of nitrogens with zero attached hydrogens (tertiary/aromatic N) is 1. The molecule has 0 aliphatic carbocycles. The van der Waals surface area contributed by atoms with E-state index in [0.29, 0.717) is 5.69 Å². The third-order valence-corrected chi connectivity index (χ3v) is 4.67. The summed E-state index contributed by atoms with van der Waals surface area (Å²) in [4.78, 5) is 3.87. The molecule has 7 heteroatoms. The van der Waals surface area contributed by atoms with Gasteiger partial charge in [-0.1, -0.05) is 0 Å². The minimum absolute atomic E-state index is 0.0320. The minimum Gasteiger partial charge on any atom is -0.278 e. The summed E-state index contributed by atoms with van der Waals surface area (Å²) in [7, 11) is -3.78. The highest BCUT2D eigenvalue weighted by atomic mass is 79.9. The van der Waals surface area contributed by atoms with Gasteiger partial charge in [0.2, 0.25) is 0 Å². The molecule has 1 aromatic heterocycles. The van der Waals surface area contributed by atoms with Crippen LogP contribution in [0.25, 0.3) is 0 Å². The number of rotatable bonds is 3. The van der Waals surface area contributed by atoms with Crippen LogP contribution in [0, 0.1) is 12.7 Å². The highest BCUT2D eigenvalue weighted by Gasteiger charge is 2.18. The van der Waals surface area contributed by atoms with Gasteiger partial charge in [0.1, 0.15) is 10.7 Å². The van der Waals surface area contributed by atoms with Gasteiger partial charge < -0.3 is 0 Å². The third-order valence-electron chi connectivity index (χ3n) is 2.31. The van der Waals surface area contributed by atoms with Crippen LogP contribution >= 0.6 is 15.9 Å². The molecule has 4 nitrogen and oxygen atoms in total. The Labute approximate surface area is 118 Å². The fourth-order valence-corrected chi connectivity index (χ4v) is 3.60. The summed E-state index contributed by atoms with van der Waals surface area (Å²) in [6, 6.07) is 5.05. The Morgan fingerprint density at radius 1 is 1.26 bits per heavy atom. The van der Waals surface area contributed by atoms with Gasteiger partial charge in [0.25, 0.3) is 10.0 Å². The van der Waals surface area contributed by atoms with Crippen molar-refractivity contribution in [3.8, 4) is 0 Å². The number of hydrogen-bond donors (Lipinski definition) is 1. The maximum atomic E-state index is 13.0. The summed E-state index contributed by atoms with van der Waals surface area (Å²) in [5.41, 5.74) is 1.19. The number of nitrogens with one attached hydrogen (secondary N) is 1. The SMILES string of the molecule is Cc1cncc(NS(=O)(=O)c2ccc(F)cc2Br)c1. The second-order valence-electron chi connectivity index (χ2n) is 3.93. The van der Waals surface area contributed by atoms with E-state index in [4.69, 9.17) is 0 Å². The lowest BCUT2D eigenvalue weighted by Gasteiger charge is -2.09. The maximum Gasteiger partial charge on any atom is 0.263 e. The van der Waals surface area contributed by atoms with E-state index in [9.17, 15) is 12.8 Å². The smallest absolute Gasteiger partial charge is 0.263 e. The Hall–Kier alpha value is -1.47. The molecule has 1 aromatic carbocycles. The standard InChI is InChI=1S/C12H10BrFN2O2S/c1-8-4-10(7-15-6-8)16-19(17,18)12-3-2-9(14)5-11(12)13/h2-7,16H,1H3. The van der Waals surface area contributed by atoms with Crippen molar-refractivity contribution < 1.29 is 12.8 Å². The Morgan fingerprint density at radius 3 is 2.63 bits per heavy atom. The van der Waals surface area contributed by atoms with Gasteiger partial charge in [-0.2, -0.15) is 0 Å². The van der Waals surface area contributed by atoms with Gasteiger partial charge >= 0.3 is 0 Å². The van der Waals surface area contributed by atoms with E-state index in [1.54, 1.807) is 19.2 Å². The molecule has 2 rings (SSSR count). The molecule has 0 radical (unpaired) electrons. The maximum absolute atomic E-state index is 13.0. The molecule has 1 N–H and O–H groups in total. The lowest BCUT2D eigenvalue weighted by Crippen LogP contribution is -2.14. The Kier molecular flexibility index (Phi) is 3.86. The quantitative estimate of drug-likeness (QED) is 0.930. The summed E-state index contributed by atoms with van der Waals surface area (Å²) in [5, 5.41) is 0. The van der Waals surface area contributed by atoms with Crippen LogP contribution < -0.4 is 4.72 Å². The van der Waals surface area contributed by atoms with Crippen LogP contribution in [0.1, 0.15) is 5.56 Å². The molecule has 0 saturated heterocycles. The summed E-state index contributed by atoms with van der Waals surface area (Å²) >= 11 is 3.04. The molecule has 0 aliphatic heterocycles. The lowest BCUT2D eigenvalue weighted by molar-refractivity contribution is 0.599. The van der Waals surface area contributed by atoms with Crippen molar-refractivity contribution in [1.29, 1.82) is 0 Å². The summed E-state index contributed by atoms with van der Waals surface area (Å²) in [5.74, 6) is -0.511. The molecule has 0 saturated carbocycles. The van der Waals surface area contributed by atoms with Crippen molar-refractivity contribution in [1.82, 2.24) is 4.98 Å². The van der Waals surface area contributed by atoms with Gasteiger partial charge in [0.15, 0.2) is 0 Å². The molecular weight excluding hydrogens is 335 g/mol. The first kappa shape index (κ1) is 14.0. The Bertz CT molecular complexity index is 719. The van der Waals surface area contributed by atoms with Crippen LogP contribution in [0.5, 0.6) is 0 Å². The van der Waals surface area contributed by atoms with E-state index < -0.39 is 15.8 Å². The number of aryl methyl sites for hydroxylation is 1. The topological polar surface area (TPSA) is 59.1 Å². The van der Waals surface area contributed by atoms with Crippen molar-refractivity contribution in [2.24, 2.45) is 0 Å². The van der Waals surface area contributed by atoms with Gasteiger partial charge in [0, 0.05) is 10.7 Å². The first-order valence-corrected chi connectivity index (χ1v) is 7.55. The summed E-state index contributed by atoms with van der Waals surface area (Å²) < 4.78 is 39.8. The zero-order valence-corrected chi connectivity index (χ0v) is 12.3. The highest BCUT2D eigenvalue weighted by Crippen LogP contribution is 2.24. The Balaban J connectivity index is 2.38. The molecule has 19 heavy (non-hydrogen) atoms. The molecule has 0 bridgehead atoms. The molecule has 0 spiro atoms. The minimum atomic E-state index is -3.78. The number of hydrogen-bond acceptors (Lipinski definition) is 3. The van der Waals surface area contributed by atoms with Gasteiger partial charge in [-0.15, -0.1) is 0 Å². The molecule has 0 unspecified atom stereocenters. The zero-order valence-electron chi connectivity index (χ0n) is 9.89. The van der Waals surface area contributed by atoms with E-state index in [1.807, 2.05) is 0 Å². The monoisotopic (exact) mass is 344 g/mol. The van der Waals surface area contributed by atoms with Crippen LogP contribution in [0.2, 0.25) is 0 Å². The predicted octanol–water partition coefficient (Wildman–Crippen LogP) is 3.09. The number of benzene rings is 1. The lowest BCUT2D eigenvalue weighted by atomic mass is 10.3. The fourth-order valence-electron chi connectivity index (χ4n) is 1.51. The molecule has 0 atom stereocenters. The molecule has 100 valence electrons. The molecule has 2 aromatic rings. The molecular formula is C12H10BrFN2O2S. The van der Waals surface area contributed by atoms with Crippen LogP contribution in [-0.4, -0.2) is 13.4 Å². The number of aromatic nitrogens is 1. The van der Waals surface area contributed by atoms with Gasteiger partial charge in [-0.25, -0.2) is 12.8 Å². The molecule has 0 aliphatic rings. The third kappa shape index (κ3) is 3.30. The van der Waals surface area contributed by atoms with Crippen LogP contribution in [0.3, 0.4) is 0 Å². The average molecular weight is 345 g/mol. The molecule has 0 fully saturated rings. The van der Waals surface area contributed by atoms with Gasteiger partial charge in [-0.05, 0) is 52.7 Å². The van der Waals surface area contributed by atoms with Crippen molar-refractivity contribution in [2.45, 2.75) is 11.8 Å². The number of sulfonamides is 1. The largest absolute Gasteiger partial charge is 0.278 e. The number of halogens is 2. The van der Waals surface area contributed by atoms with Gasteiger partial charge in [-0.3, -0.25) is 9.71 Å². The molecule has 0 amide bonds. The second-order valence-corrected chi connectivity index (χ2v) is 6.44. The summed E-state index contributed by atoms with van der Waals surface area (Å²) in [6.45, 7) is 1.80.